The number of carbonyl (C=O) groups is 8. The van der Waals surface area contributed by atoms with Crippen molar-refractivity contribution in [2.75, 3.05) is 0 Å². The van der Waals surface area contributed by atoms with Gasteiger partial charge in [-0.15, -0.1) is 0 Å². The van der Waals surface area contributed by atoms with Gasteiger partial charge in [-0.25, -0.2) is 47.5 Å². The number of H-pyrrole nitrogens is 2. The molecule has 0 radical (unpaired) electrons. The molecule has 20 nitrogen and oxygen atoms in total. The fraction of sp³-hybridized carbons (Fsp3) is 0. The van der Waals surface area contributed by atoms with Crippen LogP contribution in [0.2, 0.25) is 0 Å². The van der Waals surface area contributed by atoms with Crippen molar-refractivity contribution in [3.8, 4) is 0 Å². The number of rotatable bonds is 6. The van der Waals surface area contributed by atoms with Gasteiger partial charge in [0, 0.05) is 43.1 Å². The first-order valence-corrected chi connectivity index (χ1v) is 18.4. The van der Waals surface area contributed by atoms with E-state index in [9.17, 15) is 79.2 Å². The summed E-state index contributed by atoms with van der Waals surface area (Å²) in [6.07, 6.45) is -3.93. The minimum atomic E-state index is -2.01. The van der Waals surface area contributed by atoms with E-state index in [4.69, 9.17) is 0 Å². The molecule has 20 heteroatoms. The Kier molecular flexibility index (Phi) is 8.64. The van der Waals surface area contributed by atoms with E-state index in [1.807, 2.05) is 0 Å². The maximum atomic E-state index is 13.9. The number of carboxylic acids is 6. The van der Waals surface area contributed by atoms with Crippen LogP contribution in [0.3, 0.4) is 0 Å². The Bertz CT molecular complexity index is 3870. The lowest BCUT2D eigenvalue weighted by Gasteiger charge is -2.09. The summed E-state index contributed by atoms with van der Waals surface area (Å²) >= 11 is 0. The van der Waals surface area contributed by atoms with Crippen molar-refractivity contribution < 1.29 is 79.2 Å². The molecule has 0 unspecified atom stereocenters. The molecule has 5 heterocycles. The maximum Gasteiger partial charge on any atom is 0.416 e. The molecule has 1 aliphatic heterocycles. The molecular weight excluding hydrogens is 840 g/mol. The van der Waals surface area contributed by atoms with Gasteiger partial charge >= 0.3 is 48.0 Å². The molecule has 0 saturated carbocycles. The summed E-state index contributed by atoms with van der Waals surface area (Å²) < 4.78 is 0.666. The zero-order valence-electron chi connectivity index (χ0n) is 31.8. The van der Waals surface area contributed by atoms with Crippen LogP contribution in [-0.2, 0) is 19.2 Å². The third-order valence-corrected chi connectivity index (χ3v) is 11.1. The first kappa shape index (κ1) is 39.7. The number of carboxylic acid groups (broad SMARTS) is 8. The Morgan fingerprint density at radius 1 is 0.344 bits per heavy atom. The van der Waals surface area contributed by atoms with E-state index in [0.717, 1.165) is 12.1 Å². The van der Waals surface area contributed by atoms with Crippen molar-refractivity contribution >= 4 is 113 Å². The van der Waals surface area contributed by atoms with Gasteiger partial charge in [0.15, 0.2) is 0 Å². The molecule has 10 N–H and O–H groups in total. The van der Waals surface area contributed by atoms with E-state index >= 15 is 0 Å². The van der Waals surface area contributed by atoms with Crippen molar-refractivity contribution in [2.24, 2.45) is 0 Å². The summed E-state index contributed by atoms with van der Waals surface area (Å²) in [5.74, 6) is -11.4. The lowest BCUT2D eigenvalue weighted by Crippen LogP contribution is -2.38. The van der Waals surface area contributed by atoms with E-state index in [0.29, 0.717) is 9.13 Å². The van der Waals surface area contributed by atoms with Gasteiger partial charge in [0.1, 0.15) is 22.3 Å². The molecule has 1 aliphatic rings. The lowest BCUT2D eigenvalue weighted by atomic mass is 9.95. The third-order valence-electron chi connectivity index (χ3n) is 11.1. The molecule has 0 aliphatic carbocycles. The molecule has 4 aromatic heterocycles. The van der Waals surface area contributed by atoms with Crippen LogP contribution in [0.1, 0.15) is 43.5 Å². The molecule has 4 aromatic carbocycles. The monoisotopic (exact) mass is 864 g/mol. The Balaban J connectivity index is 1.80. The number of aromatic nitrogens is 4. The summed E-state index contributed by atoms with van der Waals surface area (Å²) in [5, 5.41) is 82.4. The van der Waals surface area contributed by atoms with E-state index in [1.165, 1.54) is 72.8 Å². The van der Waals surface area contributed by atoms with E-state index in [1.54, 1.807) is 0 Å². The van der Waals surface area contributed by atoms with Gasteiger partial charge < -0.3 is 50.8 Å². The smallest absolute Gasteiger partial charge is 0.416 e. The van der Waals surface area contributed by atoms with Crippen molar-refractivity contribution in [3.05, 3.63) is 140 Å². The highest BCUT2D eigenvalue weighted by Gasteiger charge is 2.35. The van der Waals surface area contributed by atoms with E-state index < -0.39 is 136 Å². The predicted molar refractivity (Wildman–Crippen MR) is 220 cm³/mol. The van der Waals surface area contributed by atoms with Crippen LogP contribution in [0.4, 0.5) is 9.59 Å². The van der Waals surface area contributed by atoms with Crippen LogP contribution in [0.25, 0.3) is 65.4 Å². The van der Waals surface area contributed by atoms with Crippen molar-refractivity contribution in [1.29, 1.82) is 0 Å². The molecule has 8 aromatic rings. The van der Waals surface area contributed by atoms with Crippen molar-refractivity contribution in [3.63, 3.8) is 0 Å². The first-order valence-electron chi connectivity index (χ1n) is 18.4. The summed E-state index contributed by atoms with van der Waals surface area (Å²) in [7, 11) is 0. The van der Waals surface area contributed by atoms with Crippen molar-refractivity contribution in [2.45, 2.75) is 0 Å². The van der Waals surface area contributed by atoms with Crippen LogP contribution < -0.4 is 21.4 Å². The van der Waals surface area contributed by atoms with Crippen LogP contribution in [-0.4, -0.2) is 108 Å². The first-order chi connectivity index (χ1) is 30.5. The summed E-state index contributed by atoms with van der Waals surface area (Å²) in [4.78, 5) is 114. The molecule has 64 heavy (non-hydrogen) atoms. The van der Waals surface area contributed by atoms with Gasteiger partial charge in [0.05, 0.1) is 55.3 Å². The topological polar surface area (TPSA) is 340 Å². The standard InChI is InChI=1S/C44H24N4O16/c49-37(50)22-14-13-21-23(24(22)38(51)52)32-28(42(59)60)36-20-12-6-5-11-19(20)34(48(36)44(63)64)26(40(55)56)30-16-8-2-1-7-15(16)29(45-30)25(39(53)54)33-17-9-3-4-10-18(17)35(47(33)43(61)62)27(41(57)58)31(21)46-32/h1-14,45-46H,(H,49,50)(H,51,52)(H,53,54)(H,55,56)(H,57,58)(H,59,60)(H,61,62)(H,63,64). The maximum absolute atomic E-state index is 13.9. The molecule has 9 rings (SSSR count). The Hall–Kier alpha value is -9.72. The van der Waals surface area contributed by atoms with Gasteiger partial charge in [0.25, 0.3) is 0 Å². The zero-order valence-corrected chi connectivity index (χ0v) is 31.8. The van der Waals surface area contributed by atoms with Crippen LogP contribution in [0, 0.1) is 0 Å². The second kappa shape index (κ2) is 13.9. The minimum absolute atomic E-state index is 0.0186. The number of nitrogens with one attached hydrogen (secondary N) is 2. The summed E-state index contributed by atoms with van der Waals surface area (Å²) in [6.45, 7) is 0. The number of aromatic amines is 2. The average Bonchev–Trinajstić information content (AvgIpc) is 3.98. The number of hydrogen-bond acceptors (Lipinski definition) is 8. The van der Waals surface area contributed by atoms with Gasteiger partial charge in [-0.2, -0.15) is 0 Å². The Labute approximate surface area is 351 Å². The molecular formula is C44H24N4O16. The van der Waals surface area contributed by atoms with Crippen LogP contribution >= 0.6 is 0 Å². The fourth-order valence-corrected chi connectivity index (χ4v) is 8.86. The van der Waals surface area contributed by atoms with Gasteiger partial charge in [-0.05, 0) is 6.07 Å². The molecule has 0 fully saturated rings. The second-order valence-electron chi connectivity index (χ2n) is 14.3. The van der Waals surface area contributed by atoms with E-state index in [-0.39, 0.29) is 32.3 Å². The highest BCUT2D eigenvalue weighted by atomic mass is 16.4. The second-order valence-corrected chi connectivity index (χ2v) is 14.3. The van der Waals surface area contributed by atoms with Crippen molar-refractivity contribution in [1.82, 2.24) is 19.1 Å². The van der Waals surface area contributed by atoms with Gasteiger partial charge in [0.2, 0.25) is 0 Å². The molecule has 0 amide bonds. The average molecular weight is 865 g/mol. The lowest BCUT2D eigenvalue weighted by molar-refractivity contribution is -0.131. The number of nitrogens with zero attached hydrogens (tertiary/aromatic N) is 2. The normalized spacial score (nSPS) is 12.6. The Morgan fingerprint density at radius 3 is 0.969 bits per heavy atom. The van der Waals surface area contributed by atoms with Gasteiger partial charge in [-0.3, -0.25) is 0 Å². The fourth-order valence-electron chi connectivity index (χ4n) is 8.86. The van der Waals surface area contributed by atoms with Gasteiger partial charge in [-0.1, -0.05) is 78.9 Å². The molecule has 0 atom stereocenters. The molecule has 0 saturated heterocycles. The largest absolute Gasteiger partial charge is 0.478 e. The number of aliphatic carboxylic acids is 4. The van der Waals surface area contributed by atoms with Crippen LogP contribution in [0.15, 0.2) is 84.9 Å². The SMILES string of the molecule is O=C(O)C1=c2c3ccccc3c(n2C(=O)O)=C(C(=O)O)c2[nH]c(c3c(C(=O)O)c(C(=O)O)ccc23)C(C(=O)O)=c2c3ccccc3c(n2C(=O)O)=C(C(=O)O)c2[nH]c1c1ccccc21. The summed E-state index contributed by atoms with van der Waals surface area (Å²) in [5.41, 5.74) is -8.31. The molecule has 316 valence electrons. The number of aromatic carboxylic acids is 2. The van der Waals surface area contributed by atoms with Crippen LogP contribution in [0.5, 0.6) is 0 Å². The third kappa shape index (κ3) is 5.35. The zero-order chi connectivity index (χ0) is 45.8. The highest BCUT2D eigenvalue weighted by molar-refractivity contribution is 6.29. The minimum Gasteiger partial charge on any atom is -0.478 e. The van der Waals surface area contributed by atoms with E-state index in [2.05, 4.69) is 9.97 Å². The molecule has 8 bridgehead atoms. The Morgan fingerprint density at radius 2 is 0.656 bits per heavy atom. The number of fused-ring (bicyclic) bond motifs is 20. The summed E-state index contributed by atoms with van der Waals surface area (Å²) in [6, 6.07) is 17.9. The highest BCUT2D eigenvalue weighted by Crippen LogP contribution is 2.37. The number of benzene rings is 4. The number of hydrogen-bond donors (Lipinski definition) is 10. The molecule has 0 spiro atoms. The quantitative estimate of drug-likeness (QED) is 0.115. The predicted octanol–water partition coefficient (Wildman–Crippen LogP) is 2.46.